The highest BCUT2D eigenvalue weighted by Crippen LogP contribution is 2.40. The average molecular weight is 313 g/mol. The van der Waals surface area contributed by atoms with E-state index in [1.54, 1.807) is 18.3 Å². The van der Waals surface area contributed by atoms with Crippen LogP contribution in [0.5, 0.6) is 0 Å². The van der Waals surface area contributed by atoms with Crippen LogP contribution in [0, 0.1) is 0 Å². The number of aliphatic hydroxyl groups is 1. The molecule has 0 saturated carbocycles. The largest absolute Gasteiger partial charge is 0.382 e. The Hall–Kier alpha value is -1.62. The first-order valence-electron chi connectivity index (χ1n) is 6.70. The minimum atomic E-state index is -0.455. The molecule has 1 unspecified atom stereocenters. The second kappa shape index (κ2) is 6.43. The van der Waals surface area contributed by atoms with Crippen molar-refractivity contribution in [1.29, 1.82) is 0 Å². The van der Waals surface area contributed by atoms with E-state index in [1.807, 2.05) is 36.4 Å². The molecule has 1 atom stereocenters. The van der Waals surface area contributed by atoms with Gasteiger partial charge in [-0.3, -0.25) is 0 Å². The number of hydrogen-bond donors (Lipinski definition) is 1. The van der Waals surface area contributed by atoms with Crippen molar-refractivity contribution in [2.45, 2.75) is 16.7 Å². The normalized spacial score (nSPS) is 12.3. The van der Waals surface area contributed by atoms with Crippen molar-refractivity contribution in [3.05, 3.63) is 60.7 Å². The molecule has 1 aromatic heterocycles. The van der Waals surface area contributed by atoms with Crippen LogP contribution < -0.4 is 0 Å². The fourth-order valence-corrected chi connectivity index (χ4v) is 4.20. The summed E-state index contributed by atoms with van der Waals surface area (Å²) in [4.78, 5) is 5.86. The summed E-state index contributed by atoms with van der Waals surface area (Å²) in [6.45, 7) is 1.76. The number of rotatable bonds is 4. The molecular formula is C17H15NOS2. The van der Waals surface area contributed by atoms with E-state index >= 15 is 0 Å². The second-order valence-electron chi connectivity index (χ2n) is 4.61. The number of benzene rings is 2. The molecule has 0 bridgehead atoms. The lowest BCUT2D eigenvalue weighted by atomic mass is 10.1. The van der Waals surface area contributed by atoms with E-state index in [4.69, 9.17) is 4.98 Å². The monoisotopic (exact) mass is 313 g/mol. The molecule has 0 aliphatic carbocycles. The number of thioether (sulfide) groups is 1. The number of hydrogen-bond acceptors (Lipinski definition) is 4. The topological polar surface area (TPSA) is 33.1 Å². The zero-order valence-electron chi connectivity index (χ0n) is 11.6. The van der Waals surface area contributed by atoms with E-state index in [1.165, 1.54) is 11.8 Å². The molecular weight excluding hydrogens is 298 g/mol. The third-order valence-corrected chi connectivity index (χ3v) is 5.03. The molecule has 3 rings (SSSR count). The van der Waals surface area contributed by atoms with Gasteiger partial charge < -0.3 is 5.11 Å². The minimum absolute atomic E-state index is 0.455. The standard InChI is InChI=1S/C17H15NOS2/c1-12(19)20-17-18-15(13-8-4-2-5-9-13)16(21-17)14-10-6-3-7-11-14/h2-12,19H,1H3. The van der Waals surface area contributed by atoms with Crippen LogP contribution in [0.1, 0.15) is 6.92 Å². The van der Waals surface area contributed by atoms with Crippen molar-refractivity contribution in [2.24, 2.45) is 0 Å². The molecule has 0 spiro atoms. The van der Waals surface area contributed by atoms with Crippen LogP contribution in [0.3, 0.4) is 0 Å². The Kier molecular flexibility index (Phi) is 4.39. The maximum Gasteiger partial charge on any atom is 0.153 e. The third-order valence-electron chi connectivity index (χ3n) is 2.96. The van der Waals surface area contributed by atoms with Crippen LogP contribution in [0.15, 0.2) is 65.0 Å². The highest BCUT2D eigenvalue weighted by molar-refractivity contribution is 8.01. The summed E-state index contributed by atoms with van der Waals surface area (Å²) in [5.74, 6) is 0. The van der Waals surface area contributed by atoms with E-state index < -0.39 is 5.44 Å². The van der Waals surface area contributed by atoms with Crippen LogP contribution in [-0.4, -0.2) is 15.5 Å². The van der Waals surface area contributed by atoms with Crippen LogP contribution >= 0.6 is 23.1 Å². The molecule has 0 aliphatic rings. The van der Waals surface area contributed by atoms with E-state index in [2.05, 4.69) is 24.3 Å². The highest BCUT2D eigenvalue weighted by atomic mass is 32.2. The number of thiazole rings is 1. The molecule has 106 valence electrons. The molecule has 0 saturated heterocycles. The van der Waals surface area contributed by atoms with Gasteiger partial charge in [0.1, 0.15) is 5.44 Å². The minimum Gasteiger partial charge on any atom is -0.382 e. The first kappa shape index (κ1) is 14.3. The summed E-state index contributed by atoms with van der Waals surface area (Å²) in [6.07, 6.45) is 0. The Bertz CT molecular complexity index is 651. The van der Waals surface area contributed by atoms with Gasteiger partial charge >= 0.3 is 0 Å². The summed E-state index contributed by atoms with van der Waals surface area (Å²) in [6, 6.07) is 20.4. The Morgan fingerprint density at radius 1 is 0.952 bits per heavy atom. The van der Waals surface area contributed by atoms with Crippen molar-refractivity contribution >= 4 is 23.1 Å². The molecule has 21 heavy (non-hydrogen) atoms. The molecule has 0 fully saturated rings. The SMILES string of the molecule is CC(O)Sc1nc(-c2ccccc2)c(-c2ccccc2)s1. The van der Waals surface area contributed by atoms with Gasteiger partial charge in [0.15, 0.2) is 4.34 Å². The summed E-state index contributed by atoms with van der Waals surface area (Å²) < 4.78 is 0.891. The van der Waals surface area contributed by atoms with Crippen LogP contribution in [0.4, 0.5) is 0 Å². The molecule has 1 N–H and O–H groups in total. The predicted molar refractivity (Wildman–Crippen MR) is 90.5 cm³/mol. The van der Waals surface area contributed by atoms with Gasteiger partial charge in [-0.05, 0) is 12.5 Å². The smallest absolute Gasteiger partial charge is 0.153 e. The van der Waals surface area contributed by atoms with Gasteiger partial charge in [0.05, 0.1) is 10.6 Å². The molecule has 0 radical (unpaired) electrons. The molecule has 0 amide bonds. The summed E-state index contributed by atoms with van der Waals surface area (Å²) in [5, 5.41) is 9.58. The first-order valence-corrected chi connectivity index (χ1v) is 8.40. The van der Waals surface area contributed by atoms with Gasteiger partial charge in [-0.1, -0.05) is 72.4 Å². The number of aliphatic hydroxyl groups excluding tert-OH is 1. The van der Waals surface area contributed by atoms with Crippen LogP contribution in [-0.2, 0) is 0 Å². The van der Waals surface area contributed by atoms with E-state index in [0.29, 0.717) is 0 Å². The van der Waals surface area contributed by atoms with Crippen LogP contribution in [0.2, 0.25) is 0 Å². The maximum atomic E-state index is 9.58. The molecule has 3 aromatic rings. The van der Waals surface area contributed by atoms with E-state index in [0.717, 1.165) is 26.0 Å². The number of nitrogens with zero attached hydrogens (tertiary/aromatic N) is 1. The van der Waals surface area contributed by atoms with Gasteiger partial charge in [0, 0.05) is 5.56 Å². The predicted octanol–water partition coefficient (Wildman–Crippen LogP) is 4.91. The van der Waals surface area contributed by atoms with E-state index in [-0.39, 0.29) is 0 Å². The van der Waals surface area contributed by atoms with Crippen molar-refractivity contribution in [3.8, 4) is 21.7 Å². The Morgan fingerprint density at radius 2 is 1.52 bits per heavy atom. The fourth-order valence-electron chi connectivity index (χ4n) is 2.07. The first-order chi connectivity index (χ1) is 10.2. The molecule has 2 aromatic carbocycles. The van der Waals surface area contributed by atoms with Crippen molar-refractivity contribution < 1.29 is 5.11 Å². The molecule has 1 heterocycles. The summed E-state index contributed by atoms with van der Waals surface area (Å²) in [7, 11) is 0. The number of aromatic nitrogens is 1. The average Bonchev–Trinajstić information content (AvgIpc) is 2.92. The van der Waals surface area contributed by atoms with Crippen LogP contribution in [0.25, 0.3) is 21.7 Å². The van der Waals surface area contributed by atoms with Crippen molar-refractivity contribution in [1.82, 2.24) is 4.98 Å². The van der Waals surface area contributed by atoms with E-state index in [9.17, 15) is 5.11 Å². The molecule has 2 nitrogen and oxygen atoms in total. The Labute approximate surface area is 132 Å². The maximum absolute atomic E-state index is 9.58. The lowest BCUT2D eigenvalue weighted by molar-refractivity contribution is 0.284. The second-order valence-corrected chi connectivity index (χ2v) is 7.17. The highest BCUT2D eigenvalue weighted by Gasteiger charge is 2.15. The van der Waals surface area contributed by atoms with Crippen molar-refractivity contribution in [2.75, 3.05) is 0 Å². The van der Waals surface area contributed by atoms with Gasteiger partial charge in [0.25, 0.3) is 0 Å². The van der Waals surface area contributed by atoms with Gasteiger partial charge in [-0.15, -0.1) is 11.3 Å². The summed E-state index contributed by atoms with van der Waals surface area (Å²) >= 11 is 3.01. The Morgan fingerprint density at radius 3 is 2.10 bits per heavy atom. The molecule has 0 aliphatic heterocycles. The Balaban J connectivity index is 2.11. The third kappa shape index (κ3) is 3.35. The molecule has 4 heteroatoms. The van der Waals surface area contributed by atoms with Gasteiger partial charge in [0.2, 0.25) is 0 Å². The fraction of sp³-hybridized carbons (Fsp3) is 0.118. The zero-order chi connectivity index (χ0) is 14.7. The summed E-state index contributed by atoms with van der Waals surface area (Å²) in [5.41, 5.74) is 2.79. The van der Waals surface area contributed by atoms with Crippen molar-refractivity contribution in [3.63, 3.8) is 0 Å². The quantitative estimate of drug-likeness (QED) is 0.549. The lowest BCUT2D eigenvalue weighted by Gasteiger charge is -2.02. The zero-order valence-corrected chi connectivity index (χ0v) is 13.2. The van der Waals surface area contributed by atoms with Gasteiger partial charge in [-0.25, -0.2) is 4.98 Å². The van der Waals surface area contributed by atoms with Gasteiger partial charge in [-0.2, -0.15) is 0 Å². The lowest BCUT2D eigenvalue weighted by Crippen LogP contribution is -1.90.